The number of nitrogens with one attached hydrogen (secondary N) is 1. The average molecular weight is 349 g/mol. The number of amides is 1. The van der Waals surface area contributed by atoms with Crippen molar-refractivity contribution in [2.45, 2.75) is 20.4 Å². The molecule has 0 aliphatic rings. The van der Waals surface area contributed by atoms with E-state index in [9.17, 15) is 4.79 Å². The molecule has 0 atom stereocenters. The summed E-state index contributed by atoms with van der Waals surface area (Å²) in [4.78, 5) is 10.9. The van der Waals surface area contributed by atoms with E-state index in [-0.39, 0.29) is 6.61 Å². The van der Waals surface area contributed by atoms with Crippen LogP contribution < -0.4 is 20.5 Å². The molecule has 0 aliphatic carbocycles. The van der Waals surface area contributed by atoms with Gasteiger partial charge < -0.3 is 20.5 Å². The molecule has 3 N–H and O–H groups in total. The minimum atomic E-state index is -0.528. The van der Waals surface area contributed by atoms with E-state index in [1.807, 2.05) is 44.2 Å². The summed E-state index contributed by atoms with van der Waals surface area (Å²) in [6, 6.07) is 11.3. The van der Waals surface area contributed by atoms with Crippen molar-refractivity contribution in [2.24, 2.45) is 5.73 Å². The van der Waals surface area contributed by atoms with Crippen LogP contribution in [0.1, 0.15) is 18.1 Å². The Bertz CT molecular complexity index is 719. The van der Waals surface area contributed by atoms with E-state index in [1.165, 1.54) is 0 Å². The second-order valence-electron chi connectivity index (χ2n) is 5.24. The van der Waals surface area contributed by atoms with E-state index in [1.54, 1.807) is 6.07 Å². The number of hydrogen-bond donors (Lipinski definition) is 2. The predicted molar refractivity (Wildman–Crippen MR) is 95.8 cm³/mol. The first-order chi connectivity index (χ1) is 11.5. The lowest BCUT2D eigenvalue weighted by atomic mass is 10.1. The molecule has 2 rings (SSSR count). The third kappa shape index (κ3) is 4.80. The second kappa shape index (κ2) is 8.45. The summed E-state index contributed by atoms with van der Waals surface area (Å²) in [5, 5.41) is 4.08. The maximum atomic E-state index is 10.9. The van der Waals surface area contributed by atoms with E-state index in [0.29, 0.717) is 24.7 Å². The summed E-state index contributed by atoms with van der Waals surface area (Å²) in [5.74, 6) is 0.554. The summed E-state index contributed by atoms with van der Waals surface area (Å²) in [5.41, 5.74) is 8.11. The zero-order valence-electron chi connectivity index (χ0n) is 13.8. The second-order valence-corrected chi connectivity index (χ2v) is 5.64. The molecule has 0 saturated heterocycles. The molecule has 0 spiro atoms. The van der Waals surface area contributed by atoms with Crippen LogP contribution in [-0.2, 0) is 11.3 Å². The smallest absolute Gasteiger partial charge is 0.255 e. The van der Waals surface area contributed by atoms with Gasteiger partial charge in [-0.05, 0) is 49.2 Å². The fourth-order valence-corrected chi connectivity index (χ4v) is 2.37. The molecular formula is C18H21ClN2O3. The van der Waals surface area contributed by atoms with Crippen molar-refractivity contribution in [1.82, 2.24) is 0 Å². The first-order valence-corrected chi connectivity index (χ1v) is 8.05. The minimum Gasteiger partial charge on any atom is -0.490 e. The van der Waals surface area contributed by atoms with Crippen LogP contribution >= 0.6 is 11.6 Å². The molecule has 2 aromatic carbocycles. The van der Waals surface area contributed by atoms with Gasteiger partial charge in [-0.15, -0.1) is 0 Å². The molecular weight excluding hydrogens is 328 g/mol. The van der Waals surface area contributed by atoms with Crippen molar-refractivity contribution >= 4 is 23.2 Å². The monoisotopic (exact) mass is 348 g/mol. The zero-order valence-corrected chi connectivity index (χ0v) is 14.5. The Balaban J connectivity index is 2.11. The maximum absolute atomic E-state index is 10.9. The lowest BCUT2D eigenvalue weighted by Gasteiger charge is -2.14. The average Bonchev–Trinajstić information content (AvgIpc) is 2.55. The molecule has 1 amide bonds. The van der Waals surface area contributed by atoms with Crippen molar-refractivity contribution in [3.05, 3.63) is 52.5 Å². The number of halogens is 1. The van der Waals surface area contributed by atoms with Crippen LogP contribution in [0.5, 0.6) is 11.5 Å². The van der Waals surface area contributed by atoms with E-state index >= 15 is 0 Å². The molecule has 0 fully saturated rings. The van der Waals surface area contributed by atoms with Crippen molar-refractivity contribution in [3.63, 3.8) is 0 Å². The molecule has 128 valence electrons. The normalized spacial score (nSPS) is 10.3. The third-order valence-corrected chi connectivity index (χ3v) is 3.84. The van der Waals surface area contributed by atoms with Gasteiger partial charge in [-0.2, -0.15) is 0 Å². The van der Waals surface area contributed by atoms with Crippen LogP contribution in [0.25, 0.3) is 0 Å². The Labute approximate surface area is 146 Å². The largest absolute Gasteiger partial charge is 0.490 e. The number of carbonyl (C=O) groups excluding carboxylic acids is 1. The fourth-order valence-electron chi connectivity index (χ4n) is 2.20. The van der Waals surface area contributed by atoms with E-state index < -0.39 is 5.91 Å². The van der Waals surface area contributed by atoms with Gasteiger partial charge in [0, 0.05) is 17.3 Å². The van der Waals surface area contributed by atoms with Gasteiger partial charge in [0.15, 0.2) is 18.1 Å². The van der Waals surface area contributed by atoms with Crippen LogP contribution in [-0.4, -0.2) is 19.1 Å². The molecule has 24 heavy (non-hydrogen) atoms. The number of benzene rings is 2. The van der Waals surface area contributed by atoms with Gasteiger partial charge in [-0.1, -0.05) is 23.7 Å². The highest BCUT2D eigenvalue weighted by Gasteiger charge is 2.09. The van der Waals surface area contributed by atoms with Gasteiger partial charge >= 0.3 is 0 Å². The van der Waals surface area contributed by atoms with Crippen molar-refractivity contribution in [1.29, 1.82) is 0 Å². The summed E-state index contributed by atoms with van der Waals surface area (Å²) < 4.78 is 10.9. The first kappa shape index (κ1) is 17.9. The van der Waals surface area contributed by atoms with E-state index in [2.05, 4.69) is 5.32 Å². The highest BCUT2D eigenvalue weighted by Crippen LogP contribution is 2.29. The van der Waals surface area contributed by atoms with Gasteiger partial charge in [0.05, 0.1) is 6.61 Å². The van der Waals surface area contributed by atoms with Gasteiger partial charge in [-0.25, -0.2) is 0 Å². The Morgan fingerprint density at radius 3 is 2.71 bits per heavy atom. The summed E-state index contributed by atoms with van der Waals surface area (Å²) in [6.45, 7) is 4.78. The minimum absolute atomic E-state index is 0.181. The SMILES string of the molecule is CCOc1cc(CNc2cccc(Cl)c2C)ccc1OCC(N)=O. The van der Waals surface area contributed by atoms with Crippen LogP contribution in [0, 0.1) is 6.92 Å². The standard InChI is InChI=1S/C18H21ClN2O3/c1-3-23-17-9-13(7-8-16(17)24-11-18(20)22)10-21-15-6-4-5-14(19)12(15)2/h4-9,21H,3,10-11H2,1-2H3,(H2,20,22). The number of rotatable bonds is 8. The van der Waals surface area contributed by atoms with E-state index in [0.717, 1.165) is 21.8 Å². The van der Waals surface area contributed by atoms with E-state index in [4.69, 9.17) is 26.8 Å². The molecule has 6 heteroatoms. The number of anilines is 1. The van der Waals surface area contributed by atoms with Gasteiger partial charge in [0.2, 0.25) is 0 Å². The molecule has 0 unspecified atom stereocenters. The van der Waals surface area contributed by atoms with Gasteiger partial charge in [0.25, 0.3) is 5.91 Å². The van der Waals surface area contributed by atoms with Crippen LogP contribution in [0.2, 0.25) is 5.02 Å². The number of primary amides is 1. The summed E-state index contributed by atoms with van der Waals surface area (Å²) in [7, 11) is 0. The number of nitrogens with two attached hydrogens (primary N) is 1. The lowest BCUT2D eigenvalue weighted by Crippen LogP contribution is -2.20. The molecule has 0 radical (unpaired) electrons. The van der Waals surface area contributed by atoms with Crippen molar-refractivity contribution in [3.8, 4) is 11.5 Å². The van der Waals surface area contributed by atoms with Gasteiger partial charge in [-0.3, -0.25) is 4.79 Å². The number of hydrogen-bond acceptors (Lipinski definition) is 4. The quantitative estimate of drug-likeness (QED) is 0.765. The molecule has 0 aliphatic heterocycles. The van der Waals surface area contributed by atoms with Gasteiger partial charge in [0.1, 0.15) is 0 Å². The third-order valence-electron chi connectivity index (χ3n) is 3.43. The Hall–Kier alpha value is -2.40. The van der Waals surface area contributed by atoms with Crippen LogP contribution in [0.15, 0.2) is 36.4 Å². The Morgan fingerprint density at radius 1 is 1.21 bits per heavy atom. The Kier molecular flexibility index (Phi) is 6.32. The molecule has 0 bridgehead atoms. The lowest BCUT2D eigenvalue weighted by molar-refractivity contribution is -0.119. The number of ether oxygens (including phenoxy) is 2. The highest BCUT2D eigenvalue weighted by molar-refractivity contribution is 6.31. The maximum Gasteiger partial charge on any atom is 0.255 e. The number of carbonyl (C=O) groups is 1. The molecule has 2 aromatic rings. The first-order valence-electron chi connectivity index (χ1n) is 7.67. The summed E-state index contributed by atoms with van der Waals surface area (Å²) in [6.07, 6.45) is 0. The fraction of sp³-hybridized carbons (Fsp3) is 0.278. The summed E-state index contributed by atoms with van der Waals surface area (Å²) >= 11 is 6.13. The Morgan fingerprint density at radius 2 is 2.00 bits per heavy atom. The van der Waals surface area contributed by atoms with Crippen molar-refractivity contribution < 1.29 is 14.3 Å². The molecule has 0 heterocycles. The highest BCUT2D eigenvalue weighted by atomic mass is 35.5. The van der Waals surface area contributed by atoms with Crippen LogP contribution in [0.4, 0.5) is 5.69 Å². The van der Waals surface area contributed by atoms with Crippen LogP contribution in [0.3, 0.4) is 0 Å². The zero-order chi connectivity index (χ0) is 17.5. The molecule has 5 nitrogen and oxygen atoms in total. The van der Waals surface area contributed by atoms with Crippen molar-refractivity contribution in [2.75, 3.05) is 18.5 Å². The molecule has 0 aromatic heterocycles. The predicted octanol–water partition coefficient (Wildman–Crippen LogP) is 3.52. The topological polar surface area (TPSA) is 73.6 Å². The molecule has 0 saturated carbocycles.